The zero-order chi connectivity index (χ0) is 13.9. The first-order valence-electron chi connectivity index (χ1n) is 7.06. The summed E-state index contributed by atoms with van der Waals surface area (Å²) in [6.07, 6.45) is 3.04. The zero-order valence-electron chi connectivity index (χ0n) is 11.9. The van der Waals surface area contributed by atoms with Crippen LogP contribution < -0.4 is 10.1 Å². The Hall–Kier alpha value is -1.87. The second-order valence-electron chi connectivity index (χ2n) is 5.27. The average molecular weight is 268 g/mol. The van der Waals surface area contributed by atoms with Gasteiger partial charge in [-0.15, -0.1) is 0 Å². The first-order chi connectivity index (χ1) is 9.85. The molecule has 20 heavy (non-hydrogen) atoms. The van der Waals surface area contributed by atoms with E-state index in [1.165, 1.54) is 12.0 Å². The summed E-state index contributed by atoms with van der Waals surface area (Å²) in [5.74, 6) is 2.08. The molecule has 0 saturated heterocycles. The van der Waals surface area contributed by atoms with Gasteiger partial charge in [-0.3, -0.25) is 4.98 Å². The maximum absolute atomic E-state index is 5.44. The van der Waals surface area contributed by atoms with Crippen molar-refractivity contribution >= 4 is 0 Å². The van der Waals surface area contributed by atoms with Crippen molar-refractivity contribution in [2.75, 3.05) is 14.2 Å². The molecule has 3 unspecified atom stereocenters. The predicted octanol–water partition coefficient (Wildman–Crippen LogP) is 3.15. The standard InChI is InChI=1S/C17H20N2O/c1-18-16(17-15(20-2)9-6-10-19-17)14-11-13(14)12-7-4-3-5-8-12/h3-10,13-14,16,18H,11H2,1-2H3. The monoisotopic (exact) mass is 268 g/mol. The fourth-order valence-electron chi connectivity index (χ4n) is 3.03. The molecule has 0 amide bonds. The minimum absolute atomic E-state index is 0.247. The van der Waals surface area contributed by atoms with E-state index in [-0.39, 0.29) is 6.04 Å². The van der Waals surface area contributed by atoms with Crippen molar-refractivity contribution < 1.29 is 4.74 Å². The molecule has 1 aromatic carbocycles. The van der Waals surface area contributed by atoms with Crippen LogP contribution in [0, 0.1) is 5.92 Å². The van der Waals surface area contributed by atoms with Crippen LogP contribution in [-0.2, 0) is 0 Å². The maximum atomic E-state index is 5.44. The van der Waals surface area contributed by atoms with E-state index in [2.05, 4.69) is 40.6 Å². The smallest absolute Gasteiger partial charge is 0.141 e. The molecule has 1 heterocycles. The lowest BCUT2D eigenvalue weighted by molar-refractivity contribution is 0.389. The SMILES string of the molecule is CNC(c1ncccc1OC)C1CC1c1ccccc1. The predicted molar refractivity (Wildman–Crippen MR) is 79.9 cm³/mol. The van der Waals surface area contributed by atoms with Crippen LogP contribution in [0.5, 0.6) is 5.75 Å². The highest BCUT2D eigenvalue weighted by atomic mass is 16.5. The number of pyridine rings is 1. The highest BCUT2D eigenvalue weighted by molar-refractivity contribution is 5.34. The second kappa shape index (κ2) is 5.63. The zero-order valence-corrected chi connectivity index (χ0v) is 11.9. The molecule has 1 aromatic heterocycles. The number of hydrogen-bond donors (Lipinski definition) is 1. The number of hydrogen-bond acceptors (Lipinski definition) is 3. The molecule has 0 bridgehead atoms. The Labute approximate surface area is 120 Å². The number of benzene rings is 1. The molecule has 1 aliphatic carbocycles. The molecule has 0 spiro atoms. The van der Waals surface area contributed by atoms with Crippen molar-refractivity contribution in [3.05, 3.63) is 59.9 Å². The Morgan fingerprint density at radius 3 is 2.70 bits per heavy atom. The van der Waals surface area contributed by atoms with Crippen LogP contribution in [0.3, 0.4) is 0 Å². The summed E-state index contributed by atoms with van der Waals surface area (Å²) in [6, 6.07) is 14.9. The third kappa shape index (κ3) is 2.41. The molecule has 3 rings (SSSR count). The van der Waals surface area contributed by atoms with Crippen molar-refractivity contribution in [3.63, 3.8) is 0 Å². The second-order valence-corrected chi connectivity index (χ2v) is 5.27. The quantitative estimate of drug-likeness (QED) is 0.904. The minimum Gasteiger partial charge on any atom is -0.495 e. The highest BCUT2D eigenvalue weighted by Gasteiger charge is 2.45. The van der Waals surface area contributed by atoms with E-state index < -0.39 is 0 Å². The fourth-order valence-corrected chi connectivity index (χ4v) is 3.03. The number of nitrogens with zero attached hydrogens (tertiary/aromatic N) is 1. The lowest BCUT2D eigenvalue weighted by atomic mass is 10.0. The van der Waals surface area contributed by atoms with Crippen LogP contribution in [0.15, 0.2) is 48.7 Å². The number of ether oxygens (including phenoxy) is 1. The Balaban J connectivity index is 1.82. The molecule has 1 fully saturated rings. The van der Waals surface area contributed by atoms with Gasteiger partial charge >= 0.3 is 0 Å². The summed E-state index contributed by atoms with van der Waals surface area (Å²) in [7, 11) is 3.70. The number of nitrogens with one attached hydrogen (secondary N) is 1. The van der Waals surface area contributed by atoms with Gasteiger partial charge in [0.1, 0.15) is 5.75 Å². The normalized spacial score (nSPS) is 22.3. The van der Waals surface area contributed by atoms with Gasteiger partial charge in [-0.1, -0.05) is 30.3 Å². The van der Waals surface area contributed by atoms with Crippen LogP contribution in [0.4, 0.5) is 0 Å². The number of methoxy groups -OCH3 is 1. The van der Waals surface area contributed by atoms with Gasteiger partial charge in [-0.05, 0) is 43.0 Å². The average Bonchev–Trinajstić information content (AvgIpc) is 3.30. The third-order valence-electron chi connectivity index (χ3n) is 4.12. The molecular formula is C17H20N2O. The van der Waals surface area contributed by atoms with Gasteiger partial charge in [0.2, 0.25) is 0 Å². The fraction of sp³-hybridized carbons (Fsp3) is 0.353. The van der Waals surface area contributed by atoms with Gasteiger partial charge in [0.05, 0.1) is 18.8 Å². The third-order valence-corrected chi connectivity index (χ3v) is 4.12. The first kappa shape index (κ1) is 13.1. The first-order valence-corrected chi connectivity index (χ1v) is 7.06. The number of aromatic nitrogens is 1. The van der Waals surface area contributed by atoms with Gasteiger partial charge in [0.15, 0.2) is 0 Å². The Bertz CT molecular complexity index is 570. The molecule has 3 nitrogen and oxygen atoms in total. The van der Waals surface area contributed by atoms with Gasteiger partial charge in [0.25, 0.3) is 0 Å². The van der Waals surface area contributed by atoms with Gasteiger partial charge in [-0.25, -0.2) is 0 Å². The van der Waals surface area contributed by atoms with Crippen LogP contribution in [-0.4, -0.2) is 19.1 Å². The van der Waals surface area contributed by atoms with Crippen molar-refractivity contribution in [3.8, 4) is 5.75 Å². The van der Waals surface area contributed by atoms with Crippen molar-refractivity contribution in [1.29, 1.82) is 0 Å². The Kier molecular flexibility index (Phi) is 3.70. The van der Waals surface area contributed by atoms with Crippen LogP contribution >= 0.6 is 0 Å². The topological polar surface area (TPSA) is 34.2 Å². The summed E-state index contributed by atoms with van der Waals surface area (Å²) in [5.41, 5.74) is 2.44. The molecule has 1 N–H and O–H groups in total. The van der Waals surface area contributed by atoms with Crippen LogP contribution in [0.25, 0.3) is 0 Å². The molecule has 0 radical (unpaired) electrons. The summed E-state index contributed by atoms with van der Waals surface area (Å²) < 4.78 is 5.44. The van der Waals surface area contributed by atoms with E-state index in [1.54, 1.807) is 7.11 Å². The molecule has 1 saturated carbocycles. The molecule has 0 aliphatic heterocycles. The minimum atomic E-state index is 0.247. The summed E-state index contributed by atoms with van der Waals surface area (Å²) in [5, 5.41) is 3.41. The summed E-state index contributed by atoms with van der Waals surface area (Å²) in [4.78, 5) is 4.52. The molecular weight excluding hydrogens is 248 g/mol. The van der Waals surface area contributed by atoms with Gasteiger partial charge in [-0.2, -0.15) is 0 Å². The summed E-state index contributed by atoms with van der Waals surface area (Å²) in [6.45, 7) is 0. The molecule has 3 atom stereocenters. The van der Waals surface area contributed by atoms with Gasteiger partial charge in [0, 0.05) is 6.20 Å². The van der Waals surface area contributed by atoms with Crippen LogP contribution in [0.1, 0.15) is 29.6 Å². The molecule has 1 aliphatic rings. The van der Waals surface area contributed by atoms with Crippen molar-refractivity contribution in [2.45, 2.75) is 18.4 Å². The lowest BCUT2D eigenvalue weighted by Gasteiger charge is -2.18. The van der Waals surface area contributed by atoms with E-state index in [9.17, 15) is 0 Å². The molecule has 3 heteroatoms. The van der Waals surface area contributed by atoms with E-state index in [4.69, 9.17) is 4.74 Å². The Morgan fingerprint density at radius 1 is 1.20 bits per heavy atom. The van der Waals surface area contributed by atoms with Crippen molar-refractivity contribution in [1.82, 2.24) is 10.3 Å². The van der Waals surface area contributed by atoms with Crippen LogP contribution in [0.2, 0.25) is 0 Å². The van der Waals surface area contributed by atoms with E-state index >= 15 is 0 Å². The highest BCUT2D eigenvalue weighted by Crippen LogP contribution is 2.54. The van der Waals surface area contributed by atoms with E-state index in [0.717, 1.165) is 11.4 Å². The maximum Gasteiger partial charge on any atom is 0.141 e. The van der Waals surface area contributed by atoms with Crippen molar-refractivity contribution in [2.24, 2.45) is 5.92 Å². The molecule has 104 valence electrons. The lowest BCUT2D eigenvalue weighted by Crippen LogP contribution is -2.21. The van der Waals surface area contributed by atoms with E-state index in [0.29, 0.717) is 11.8 Å². The van der Waals surface area contributed by atoms with E-state index in [1.807, 2.05) is 25.4 Å². The Morgan fingerprint density at radius 2 is 2.00 bits per heavy atom. The molecule has 2 aromatic rings. The summed E-state index contributed by atoms with van der Waals surface area (Å²) >= 11 is 0. The van der Waals surface area contributed by atoms with Gasteiger partial charge < -0.3 is 10.1 Å². The number of rotatable bonds is 5. The largest absolute Gasteiger partial charge is 0.495 e.